The Morgan fingerprint density at radius 3 is 2.60 bits per heavy atom. The average molecular weight is 336 g/mol. The second-order valence-corrected chi connectivity index (χ2v) is 5.91. The molecule has 1 aromatic heterocycles. The lowest BCUT2D eigenvalue weighted by molar-refractivity contribution is 0.301. The van der Waals surface area contributed by atoms with Crippen LogP contribution in [0.1, 0.15) is 36.5 Å². The molecule has 0 saturated carbocycles. The molecule has 128 valence electrons. The van der Waals surface area contributed by atoms with Crippen LogP contribution in [0.5, 0.6) is 5.75 Å². The summed E-state index contributed by atoms with van der Waals surface area (Å²) in [4.78, 5) is 3.92. The minimum Gasteiger partial charge on any atom is -0.489 e. The van der Waals surface area contributed by atoms with E-state index in [2.05, 4.69) is 29.1 Å². The zero-order valence-electron chi connectivity index (χ0n) is 14.2. The molecule has 0 saturated heterocycles. The van der Waals surface area contributed by atoms with Crippen LogP contribution >= 0.6 is 0 Å². The Kier molecular flexibility index (Phi) is 5.09. The fraction of sp³-hybridized carbons (Fsp3) is 0.211. The highest BCUT2D eigenvalue weighted by atomic mass is 16.5. The van der Waals surface area contributed by atoms with Crippen LogP contribution in [0.25, 0.3) is 0 Å². The molecule has 0 radical (unpaired) electrons. The van der Waals surface area contributed by atoms with E-state index in [9.17, 15) is 5.21 Å². The molecule has 1 N–H and O–H groups in total. The molecule has 0 spiro atoms. The first-order chi connectivity index (χ1) is 12.2. The smallest absolute Gasteiger partial charge is 0.201 e. The Hall–Kier alpha value is -3.15. The summed E-state index contributed by atoms with van der Waals surface area (Å²) in [5, 5.41) is 17.0. The van der Waals surface area contributed by atoms with Gasteiger partial charge >= 0.3 is 0 Å². The molecule has 1 heterocycles. The predicted octanol–water partition coefficient (Wildman–Crippen LogP) is 3.66. The number of oxime groups is 1. The molecular formula is C19H20N4O2. The van der Waals surface area contributed by atoms with Gasteiger partial charge in [-0.05, 0) is 17.5 Å². The van der Waals surface area contributed by atoms with Crippen LogP contribution in [0.15, 0.2) is 66.3 Å². The van der Waals surface area contributed by atoms with Crippen LogP contribution in [0.4, 0.5) is 0 Å². The Labute approximate surface area is 146 Å². The molecule has 25 heavy (non-hydrogen) atoms. The lowest BCUT2D eigenvalue weighted by Gasteiger charge is -2.18. The molecule has 0 fully saturated rings. The van der Waals surface area contributed by atoms with Gasteiger partial charge in [-0.2, -0.15) is 9.78 Å². The summed E-state index contributed by atoms with van der Waals surface area (Å²) in [6.45, 7) is 4.62. The van der Waals surface area contributed by atoms with Gasteiger partial charge < -0.3 is 9.94 Å². The number of hydrogen-bond donors (Lipinski definition) is 1. The van der Waals surface area contributed by atoms with E-state index >= 15 is 0 Å². The van der Waals surface area contributed by atoms with Crippen molar-refractivity contribution in [2.45, 2.75) is 26.4 Å². The van der Waals surface area contributed by atoms with Crippen LogP contribution < -0.4 is 4.74 Å². The van der Waals surface area contributed by atoms with Crippen molar-refractivity contribution in [3.63, 3.8) is 0 Å². The van der Waals surface area contributed by atoms with Crippen molar-refractivity contribution < 1.29 is 9.94 Å². The van der Waals surface area contributed by atoms with Crippen LogP contribution in [-0.4, -0.2) is 25.8 Å². The highest BCUT2D eigenvalue weighted by molar-refractivity contribution is 6.01. The van der Waals surface area contributed by atoms with E-state index in [1.807, 2.05) is 48.5 Å². The van der Waals surface area contributed by atoms with Gasteiger partial charge in [0, 0.05) is 11.1 Å². The van der Waals surface area contributed by atoms with E-state index in [1.165, 1.54) is 17.3 Å². The predicted molar refractivity (Wildman–Crippen MR) is 95.0 cm³/mol. The summed E-state index contributed by atoms with van der Waals surface area (Å²) in [6, 6.07) is 15.7. The van der Waals surface area contributed by atoms with Crippen molar-refractivity contribution in [3.05, 3.63) is 77.9 Å². The maximum atomic E-state index is 9.51. The normalized spacial score (nSPS) is 11.7. The number of rotatable bonds is 5. The maximum Gasteiger partial charge on any atom is 0.201 e. The second kappa shape index (κ2) is 7.61. The van der Waals surface area contributed by atoms with E-state index in [1.54, 1.807) is 0 Å². The number of hydrogen-bond acceptors (Lipinski definition) is 5. The van der Waals surface area contributed by atoms with Crippen molar-refractivity contribution >= 4 is 5.84 Å². The van der Waals surface area contributed by atoms with Crippen LogP contribution in [0.3, 0.4) is 0 Å². The molecule has 6 nitrogen and oxygen atoms in total. The van der Waals surface area contributed by atoms with E-state index in [4.69, 9.17) is 4.74 Å². The lowest BCUT2D eigenvalue weighted by Crippen LogP contribution is -2.17. The summed E-state index contributed by atoms with van der Waals surface area (Å²) >= 11 is 0. The standard InChI is InChI=1S/C19H20N4O2/c1-14(2)18-16(19(22-24)23-13-20-12-21-23)9-6-10-17(18)25-11-15-7-4-3-5-8-15/h3-10,12-14,24H,11H2,1-2H3. The molecule has 3 rings (SSSR count). The summed E-state index contributed by atoms with van der Waals surface area (Å²) in [7, 11) is 0. The first-order valence-electron chi connectivity index (χ1n) is 8.07. The van der Waals surface area contributed by atoms with E-state index in [-0.39, 0.29) is 5.92 Å². The van der Waals surface area contributed by atoms with Gasteiger partial charge in [0.1, 0.15) is 25.0 Å². The van der Waals surface area contributed by atoms with Crippen molar-refractivity contribution in [2.24, 2.45) is 5.16 Å². The largest absolute Gasteiger partial charge is 0.489 e. The van der Waals surface area contributed by atoms with Crippen LogP contribution in [0.2, 0.25) is 0 Å². The van der Waals surface area contributed by atoms with Crippen LogP contribution in [0, 0.1) is 0 Å². The van der Waals surface area contributed by atoms with Gasteiger partial charge in [0.25, 0.3) is 0 Å². The molecule has 2 aromatic carbocycles. The van der Waals surface area contributed by atoms with Gasteiger partial charge in [-0.15, -0.1) is 0 Å². The van der Waals surface area contributed by atoms with Gasteiger partial charge in [-0.25, -0.2) is 4.98 Å². The zero-order chi connectivity index (χ0) is 17.6. The van der Waals surface area contributed by atoms with Crippen molar-refractivity contribution in [2.75, 3.05) is 0 Å². The van der Waals surface area contributed by atoms with E-state index < -0.39 is 0 Å². The third-order valence-corrected chi connectivity index (χ3v) is 3.85. The minimum atomic E-state index is 0.169. The SMILES string of the molecule is CC(C)c1c(OCc2ccccc2)cccc1C(=NO)n1cncn1. The van der Waals surface area contributed by atoms with Crippen molar-refractivity contribution in [1.82, 2.24) is 14.8 Å². The summed E-state index contributed by atoms with van der Waals surface area (Å²) in [6.07, 6.45) is 2.90. The van der Waals surface area contributed by atoms with Gasteiger partial charge in [0.15, 0.2) is 0 Å². The molecule has 0 unspecified atom stereocenters. The molecule has 0 atom stereocenters. The highest BCUT2D eigenvalue weighted by Gasteiger charge is 2.19. The van der Waals surface area contributed by atoms with Crippen molar-refractivity contribution in [1.29, 1.82) is 0 Å². The zero-order valence-corrected chi connectivity index (χ0v) is 14.2. The van der Waals surface area contributed by atoms with Gasteiger partial charge in [0.2, 0.25) is 5.84 Å². The van der Waals surface area contributed by atoms with Crippen LogP contribution in [-0.2, 0) is 6.61 Å². The molecule has 6 heteroatoms. The molecular weight excluding hydrogens is 316 g/mol. The fourth-order valence-electron chi connectivity index (χ4n) is 2.74. The van der Waals surface area contributed by atoms with Gasteiger partial charge in [-0.1, -0.05) is 61.5 Å². The first kappa shape index (κ1) is 16.7. The Bertz CT molecular complexity index is 843. The Balaban J connectivity index is 1.97. The number of aromatic nitrogens is 3. The van der Waals surface area contributed by atoms with E-state index in [0.717, 1.165) is 22.4 Å². The molecule has 3 aromatic rings. The van der Waals surface area contributed by atoms with Gasteiger partial charge in [0.05, 0.1) is 0 Å². The first-order valence-corrected chi connectivity index (χ1v) is 8.07. The third-order valence-electron chi connectivity index (χ3n) is 3.85. The fourth-order valence-corrected chi connectivity index (χ4v) is 2.74. The average Bonchev–Trinajstić information content (AvgIpc) is 3.15. The molecule has 0 amide bonds. The molecule has 0 aliphatic rings. The lowest BCUT2D eigenvalue weighted by atomic mass is 9.95. The summed E-state index contributed by atoms with van der Waals surface area (Å²) < 4.78 is 7.49. The molecule has 0 aliphatic carbocycles. The minimum absolute atomic E-state index is 0.169. The quantitative estimate of drug-likeness (QED) is 0.334. The Morgan fingerprint density at radius 2 is 1.96 bits per heavy atom. The number of ether oxygens (including phenoxy) is 1. The monoisotopic (exact) mass is 336 g/mol. The summed E-state index contributed by atoms with van der Waals surface area (Å²) in [5.74, 6) is 1.24. The highest BCUT2D eigenvalue weighted by Crippen LogP contribution is 2.31. The number of nitrogens with zero attached hydrogens (tertiary/aromatic N) is 4. The van der Waals surface area contributed by atoms with Crippen molar-refractivity contribution in [3.8, 4) is 5.75 Å². The molecule has 0 aliphatic heterocycles. The molecule has 0 bridgehead atoms. The van der Waals surface area contributed by atoms with Gasteiger partial charge in [-0.3, -0.25) is 0 Å². The third kappa shape index (κ3) is 3.68. The van der Waals surface area contributed by atoms with E-state index in [0.29, 0.717) is 12.4 Å². The maximum absolute atomic E-state index is 9.51. The second-order valence-electron chi connectivity index (χ2n) is 5.91. The number of benzene rings is 2. The Morgan fingerprint density at radius 1 is 1.16 bits per heavy atom. The summed E-state index contributed by atoms with van der Waals surface area (Å²) in [5.41, 5.74) is 2.81. The topological polar surface area (TPSA) is 72.5 Å².